The Morgan fingerprint density at radius 3 is 2.70 bits per heavy atom. The standard InChI is InChI=1S/C19H22N2O6/c1-27-17(23)12-14(18(24)21-11-5-8-15(21)19(25)26)20-16(22)10-9-13-6-3-2-4-7-13/h2-3,6,8,12H,4-5,7,9-11H2,1H3,(H,20,22)(H,25,26)/b14-12+. The van der Waals surface area contributed by atoms with E-state index in [9.17, 15) is 24.3 Å². The number of nitrogens with zero attached hydrogens (tertiary/aromatic N) is 1. The van der Waals surface area contributed by atoms with Gasteiger partial charge in [0.1, 0.15) is 11.4 Å². The summed E-state index contributed by atoms with van der Waals surface area (Å²) in [5.41, 5.74) is 0.649. The molecule has 0 aromatic rings. The summed E-state index contributed by atoms with van der Waals surface area (Å²) in [6.45, 7) is 0.161. The average Bonchev–Trinajstić information content (AvgIpc) is 3.16. The third kappa shape index (κ3) is 5.67. The second-order valence-electron chi connectivity index (χ2n) is 6.06. The predicted molar refractivity (Wildman–Crippen MR) is 96.0 cm³/mol. The quantitative estimate of drug-likeness (QED) is 0.515. The molecule has 144 valence electrons. The molecule has 0 radical (unpaired) electrons. The minimum atomic E-state index is -1.25. The fourth-order valence-corrected chi connectivity index (χ4v) is 2.80. The molecule has 0 unspecified atom stereocenters. The predicted octanol–water partition coefficient (Wildman–Crippen LogP) is 1.42. The van der Waals surface area contributed by atoms with E-state index in [1.807, 2.05) is 18.2 Å². The van der Waals surface area contributed by atoms with Gasteiger partial charge in [-0.05, 0) is 25.7 Å². The average molecular weight is 374 g/mol. The first kappa shape index (κ1) is 20.2. The van der Waals surface area contributed by atoms with Crippen molar-refractivity contribution in [1.82, 2.24) is 10.2 Å². The summed E-state index contributed by atoms with van der Waals surface area (Å²) in [6.07, 6.45) is 11.1. The Kier molecular flexibility index (Phi) is 7.10. The van der Waals surface area contributed by atoms with Gasteiger partial charge in [0.2, 0.25) is 5.91 Å². The van der Waals surface area contributed by atoms with Gasteiger partial charge in [0.25, 0.3) is 5.91 Å². The fraction of sp³-hybridized carbons (Fsp3) is 0.368. The number of methoxy groups -OCH3 is 1. The molecule has 0 saturated heterocycles. The molecule has 0 aromatic carbocycles. The van der Waals surface area contributed by atoms with Gasteiger partial charge in [0.05, 0.1) is 13.2 Å². The van der Waals surface area contributed by atoms with E-state index in [1.54, 1.807) is 0 Å². The van der Waals surface area contributed by atoms with Crippen molar-refractivity contribution in [2.75, 3.05) is 13.7 Å². The minimum absolute atomic E-state index is 0.146. The summed E-state index contributed by atoms with van der Waals surface area (Å²) in [4.78, 5) is 48.8. The maximum Gasteiger partial charge on any atom is 0.352 e. The van der Waals surface area contributed by atoms with Gasteiger partial charge in [0.15, 0.2) is 0 Å². The largest absolute Gasteiger partial charge is 0.477 e. The Balaban J connectivity index is 2.07. The molecule has 0 saturated carbocycles. The molecule has 8 nitrogen and oxygen atoms in total. The second kappa shape index (κ2) is 9.51. The molecule has 0 atom stereocenters. The van der Waals surface area contributed by atoms with Gasteiger partial charge in [-0.25, -0.2) is 9.59 Å². The number of carbonyl (C=O) groups is 4. The normalized spacial score (nSPS) is 16.5. The topological polar surface area (TPSA) is 113 Å². The van der Waals surface area contributed by atoms with Gasteiger partial charge in [-0.3, -0.25) is 9.59 Å². The van der Waals surface area contributed by atoms with Crippen LogP contribution in [0.15, 0.2) is 47.3 Å². The Morgan fingerprint density at radius 1 is 1.30 bits per heavy atom. The van der Waals surface area contributed by atoms with E-state index >= 15 is 0 Å². The number of carbonyl (C=O) groups excluding carboxylic acids is 3. The molecule has 0 aromatic heterocycles. The van der Waals surface area contributed by atoms with Gasteiger partial charge in [0, 0.05) is 13.0 Å². The van der Waals surface area contributed by atoms with Crippen molar-refractivity contribution in [2.45, 2.75) is 32.1 Å². The van der Waals surface area contributed by atoms with Crippen LogP contribution in [0, 0.1) is 0 Å². The molecular formula is C19H22N2O6. The van der Waals surface area contributed by atoms with Crippen molar-refractivity contribution in [3.8, 4) is 0 Å². The summed E-state index contributed by atoms with van der Waals surface area (Å²) in [5, 5.41) is 11.6. The Bertz CT molecular complexity index is 760. The van der Waals surface area contributed by atoms with Crippen molar-refractivity contribution in [2.24, 2.45) is 0 Å². The van der Waals surface area contributed by atoms with Crippen LogP contribution in [0.3, 0.4) is 0 Å². The SMILES string of the molecule is COC(=O)/C=C(/NC(=O)CCC1=CC=CCC1)C(=O)N1CCC=C1C(=O)O. The highest BCUT2D eigenvalue weighted by Crippen LogP contribution is 2.19. The van der Waals surface area contributed by atoms with Crippen molar-refractivity contribution >= 4 is 23.8 Å². The number of rotatable bonds is 7. The maximum atomic E-state index is 12.7. The van der Waals surface area contributed by atoms with Crippen LogP contribution in [0.4, 0.5) is 0 Å². The van der Waals surface area contributed by atoms with Crippen molar-refractivity contribution in [3.05, 3.63) is 47.3 Å². The van der Waals surface area contributed by atoms with Gasteiger partial charge in [-0.1, -0.05) is 29.9 Å². The van der Waals surface area contributed by atoms with Crippen molar-refractivity contribution in [1.29, 1.82) is 0 Å². The van der Waals surface area contributed by atoms with Crippen LogP contribution in [0.2, 0.25) is 0 Å². The minimum Gasteiger partial charge on any atom is -0.477 e. The third-order valence-corrected chi connectivity index (χ3v) is 4.19. The lowest BCUT2D eigenvalue weighted by molar-refractivity contribution is -0.138. The second-order valence-corrected chi connectivity index (χ2v) is 6.06. The van der Waals surface area contributed by atoms with E-state index in [2.05, 4.69) is 10.1 Å². The number of hydrogen-bond acceptors (Lipinski definition) is 5. The first-order valence-electron chi connectivity index (χ1n) is 8.61. The van der Waals surface area contributed by atoms with Gasteiger partial charge in [-0.2, -0.15) is 0 Å². The zero-order valence-electron chi connectivity index (χ0n) is 15.1. The van der Waals surface area contributed by atoms with E-state index in [4.69, 9.17) is 0 Å². The molecule has 2 N–H and O–H groups in total. The number of esters is 1. The highest BCUT2D eigenvalue weighted by molar-refractivity contribution is 6.05. The van der Waals surface area contributed by atoms with Crippen LogP contribution in [0.25, 0.3) is 0 Å². The molecule has 1 aliphatic carbocycles. The van der Waals surface area contributed by atoms with E-state index < -0.39 is 23.8 Å². The smallest absolute Gasteiger partial charge is 0.352 e. The zero-order chi connectivity index (χ0) is 19.8. The monoisotopic (exact) mass is 374 g/mol. The Labute approximate surface area is 156 Å². The maximum absolute atomic E-state index is 12.7. The molecular weight excluding hydrogens is 352 g/mol. The molecule has 1 aliphatic heterocycles. The van der Waals surface area contributed by atoms with E-state index in [0.717, 1.165) is 36.5 Å². The first-order valence-corrected chi connectivity index (χ1v) is 8.61. The summed E-state index contributed by atoms with van der Waals surface area (Å²) < 4.78 is 4.52. The lowest BCUT2D eigenvalue weighted by Gasteiger charge is -2.20. The highest BCUT2D eigenvalue weighted by Gasteiger charge is 2.30. The molecule has 2 amide bonds. The number of ether oxygens (including phenoxy) is 1. The van der Waals surface area contributed by atoms with Crippen LogP contribution < -0.4 is 5.32 Å². The summed E-state index contributed by atoms with van der Waals surface area (Å²) in [5.74, 6) is -3.27. The molecule has 27 heavy (non-hydrogen) atoms. The number of aliphatic carboxylic acids is 1. The number of carboxylic acid groups (broad SMARTS) is 1. The molecule has 0 spiro atoms. The lowest BCUT2D eigenvalue weighted by atomic mass is 10.0. The number of hydrogen-bond donors (Lipinski definition) is 2. The van der Waals surface area contributed by atoms with Crippen LogP contribution >= 0.6 is 0 Å². The summed E-state index contributed by atoms with van der Waals surface area (Å²) in [6, 6.07) is 0. The summed E-state index contributed by atoms with van der Waals surface area (Å²) >= 11 is 0. The third-order valence-electron chi connectivity index (χ3n) is 4.19. The van der Waals surface area contributed by atoms with E-state index in [0.29, 0.717) is 12.8 Å². The van der Waals surface area contributed by atoms with Crippen LogP contribution in [0.5, 0.6) is 0 Å². The first-order chi connectivity index (χ1) is 12.9. The van der Waals surface area contributed by atoms with Crippen LogP contribution in [-0.2, 0) is 23.9 Å². The van der Waals surface area contributed by atoms with Crippen LogP contribution in [0.1, 0.15) is 32.1 Å². The molecule has 0 bridgehead atoms. The van der Waals surface area contributed by atoms with E-state index in [1.165, 1.54) is 6.08 Å². The Hall–Kier alpha value is -3.16. The fourth-order valence-electron chi connectivity index (χ4n) is 2.80. The van der Waals surface area contributed by atoms with Gasteiger partial charge < -0.3 is 20.1 Å². The summed E-state index contributed by atoms with van der Waals surface area (Å²) in [7, 11) is 1.14. The molecule has 2 aliphatic rings. The van der Waals surface area contributed by atoms with Gasteiger partial charge >= 0.3 is 11.9 Å². The zero-order valence-corrected chi connectivity index (χ0v) is 15.1. The lowest BCUT2D eigenvalue weighted by Crippen LogP contribution is -2.38. The number of carboxylic acids is 1. The Morgan fingerprint density at radius 2 is 2.07 bits per heavy atom. The number of amides is 2. The van der Waals surface area contributed by atoms with Crippen molar-refractivity contribution < 1.29 is 29.0 Å². The number of allylic oxidation sites excluding steroid dienone is 4. The molecule has 8 heteroatoms. The van der Waals surface area contributed by atoms with Crippen molar-refractivity contribution in [3.63, 3.8) is 0 Å². The van der Waals surface area contributed by atoms with Crippen LogP contribution in [-0.4, -0.2) is 47.4 Å². The molecule has 0 fully saturated rings. The molecule has 2 rings (SSSR count). The van der Waals surface area contributed by atoms with E-state index in [-0.39, 0.29) is 24.4 Å². The van der Waals surface area contributed by atoms with Gasteiger partial charge in [-0.15, -0.1) is 0 Å². The number of nitrogens with one attached hydrogen (secondary N) is 1. The highest BCUT2D eigenvalue weighted by atomic mass is 16.5. The molecule has 1 heterocycles.